The molecule has 17 heavy (non-hydrogen) atoms. The number of hydrogen-bond acceptors (Lipinski definition) is 2. The molecule has 4 heteroatoms. The number of nitrogens with two attached hydrogens (primary N) is 1. The highest BCUT2D eigenvalue weighted by Gasteiger charge is 2.28. The first-order chi connectivity index (χ1) is 8.18. The molecule has 0 spiro atoms. The Balaban J connectivity index is 2.03. The standard InChI is InChI=1S/C13H17FN2O/c14-10-6-2-4-8-12(10)16-13(17)9-5-1-3-7-11(9)15/h2,4,6,8-9,11H,1,3,5,7,15H2,(H,16,17). The number of benzene rings is 1. The quantitative estimate of drug-likeness (QED) is 0.827. The van der Waals surface area contributed by atoms with E-state index in [4.69, 9.17) is 5.73 Å². The number of hydrogen-bond donors (Lipinski definition) is 2. The minimum atomic E-state index is -0.412. The van der Waals surface area contributed by atoms with Crippen LogP contribution in [0.5, 0.6) is 0 Å². The van der Waals surface area contributed by atoms with Crippen LogP contribution in [0.15, 0.2) is 24.3 Å². The molecule has 1 amide bonds. The maximum absolute atomic E-state index is 13.4. The Morgan fingerprint density at radius 1 is 1.29 bits per heavy atom. The van der Waals surface area contributed by atoms with Crippen molar-refractivity contribution in [3.63, 3.8) is 0 Å². The van der Waals surface area contributed by atoms with E-state index >= 15 is 0 Å². The minimum absolute atomic E-state index is 0.101. The number of halogens is 1. The Labute approximate surface area is 100 Å². The zero-order valence-corrected chi connectivity index (χ0v) is 9.66. The summed E-state index contributed by atoms with van der Waals surface area (Å²) in [6.07, 6.45) is 3.75. The van der Waals surface area contributed by atoms with E-state index in [2.05, 4.69) is 5.32 Å². The molecule has 3 nitrogen and oxygen atoms in total. The van der Waals surface area contributed by atoms with Gasteiger partial charge in [0, 0.05) is 6.04 Å². The van der Waals surface area contributed by atoms with Crippen LogP contribution in [0.1, 0.15) is 25.7 Å². The summed E-state index contributed by atoms with van der Waals surface area (Å²) >= 11 is 0. The first kappa shape index (κ1) is 12.0. The van der Waals surface area contributed by atoms with Crippen LogP contribution >= 0.6 is 0 Å². The molecule has 2 atom stereocenters. The molecule has 1 aliphatic carbocycles. The van der Waals surface area contributed by atoms with Gasteiger partial charge >= 0.3 is 0 Å². The highest BCUT2D eigenvalue weighted by atomic mass is 19.1. The Hall–Kier alpha value is -1.42. The SMILES string of the molecule is NC1CCCCC1C(=O)Nc1ccccc1F. The minimum Gasteiger partial charge on any atom is -0.327 e. The molecule has 0 heterocycles. The normalized spacial score (nSPS) is 24.4. The molecule has 2 unspecified atom stereocenters. The fourth-order valence-corrected chi connectivity index (χ4v) is 2.27. The second-order valence-electron chi connectivity index (χ2n) is 4.52. The Bertz CT molecular complexity index is 408. The first-order valence-electron chi connectivity index (χ1n) is 5.99. The largest absolute Gasteiger partial charge is 0.327 e. The Kier molecular flexibility index (Phi) is 3.74. The summed E-state index contributed by atoms with van der Waals surface area (Å²) in [6, 6.07) is 6.07. The maximum Gasteiger partial charge on any atom is 0.229 e. The zero-order valence-electron chi connectivity index (χ0n) is 9.66. The summed E-state index contributed by atoms with van der Waals surface area (Å²) in [7, 11) is 0. The summed E-state index contributed by atoms with van der Waals surface area (Å²) < 4.78 is 13.4. The van der Waals surface area contributed by atoms with Gasteiger partial charge in [-0.25, -0.2) is 4.39 Å². The molecule has 1 aromatic carbocycles. The third kappa shape index (κ3) is 2.82. The van der Waals surface area contributed by atoms with Crippen molar-refractivity contribution in [2.75, 3.05) is 5.32 Å². The third-order valence-corrected chi connectivity index (χ3v) is 3.29. The van der Waals surface area contributed by atoms with Crippen molar-refractivity contribution in [3.05, 3.63) is 30.1 Å². The van der Waals surface area contributed by atoms with Crippen molar-refractivity contribution in [1.82, 2.24) is 0 Å². The van der Waals surface area contributed by atoms with Gasteiger partial charge in [-0.05, 0) is 25.0 Å². The van der Waals surface area contributed by atoms with Gasteiger partial charge in [0.15, 0.2) is 0 Å². The second kappa shape index (κ2) is 5.27. The smallest absolute Gasteiger partial charge is 0.229 e. The van der Waals surface area contributed by atoms with Gasteiger partial charge in [0.05, 0.1) is 11.6 Å². The van der Waals surface area contributed by atoms with Gasteiger partial charge in [0.2, 0.25) is 5.91 Å². The van der Waals surface area contributed by atoms with Crippen molar-refractivity contribution < 1.29 is 9.18 Å². The number of rotatable bonds is 2. The number of nitrogens with one attached hydrogen (secondary N) is 1. The van der Waals surface area contributed by atoms with E-state index in [0.29, 0.717) is 0 Å². The summed E-state index contributed by atoms with van der Waals surface area (Å²) in [5, 5.41) is 2.62. The van der Waals surface area contributed by atoms with Crippen LogP contribution in [0.4, 0.5) is 10.1 Å². The highest BCUT2D eigenvalue weighted by Crippen LogP contribution is 2.24. The monoisotopic (exact) mass is 236 g/mol. The van der Waals surface area contributed by atoms with Gasteiger partial charge in [-0.3, -0.25) is 4.79 Å². The lowest BCUT2D eigenvalue weighted by molar-refractivity contribution is -0.121. The molecule has 3 N–H and O–H groups in total. The van der Waals surface area contributed by atoms with E-state index in [0.717, 1.165) is 25.7 Å². The van der Waals surface area contributed by atoms with Gasteiger partial charge in [0.25, 0.3) is 0 Å². The highest BCUT2D eigenvalue weighted by molar-refractivity contribution is 5.93. The molecule has 0 aliphatic heterocycles. The van der Waals surface area contributed by atoms with Crippen molar-refractivity contribution in [2.24, 2.45) is 11.7 Å². The molecule has 0 aromatic heterocycles. The van der Waals surface area contributed by atoms with Crippen LogP contribution in [-0.2, 0) is 4.79 Å². The van der Waals surface area contributed by atoms with Gasteiger partial charge < -0.3 is 11.1 Å². The van der Waals surface area contributed by atoms with Crippen molar-refractivity contribution in [1.29, 1.82) is 0 Å². The number of para-hydroxylation sites is 1. The van der Waals surface area contributed by atoms with E-state index in [1.165, 1.54) is 6.07 Å². The zero-order chi connectivity index (χ0) is 12.3. The molecule has 0 saturated heterocycles. The molecule has 92 valence electrons. The lowest BCUT2D eigenvalue weighted by Gasteiger charge is -2.27. The second-order valence-corrected chi connectivity index (χ2v) is 4.52. The molecule has 0 radical (unpaired) electrons. The molecule has 1 fully saturated rings. The van der Waals surface area contributed by atoms with Crippen molar-refractivity contribution in [3.8, 4) is 0 Å². The van der Waals surface area contributed by atoms with Gasteiger partial charge in [0.1, 0.15) is 5.82 Å². The van der Waals surface area contributed by atoms with Crippen molar-refractivity contribution >= 4 is 11.6 Å². The first-order valence-corrected chi connectivity index (χ1v) is 5.99. The topological polar surface area (TPSA) is 55.1 Å². The Morgan fingerprint density at radius 2 is 2.00 bits per heavy atom. The summed E-state index contributed by atoms with van der Waals surface area (Å²) in [5.41, 5.74) is 6.15. The molecular formula is C13H17FN2O. The fraction of sp³-hybridized carbons (Fsp3) is 0.462. The van der Waals surface area contributed by atoms with Crippen LogP contribution in [0.3, 0.4) is 0 Å². The molecular weight excluding hydrogens is 219 g/mol. The Morgan fingerprint density at radius 3 is 2.71 bits per heavy atom. The lowest BCUT2D eigenvalue weighted by Crippen LogP contribution is -2.40. The molecule has 0 bridgehead atoms. The molecule has 1 saturated carbocycles. The van der Waals surface area contributed by atoms with Crippen LogP contribution in [0, 0.1) is 11.7 Å². The number of anilines is 1. The van der Waals surface area contributed by atoms with Crippen molar-refractivity contribution in [2.45, 2.75) is 31.7 Å². The molecule has 2 rings (SSSR count). The number of amides is 1. The molecule has 1 aromatic rings. The fourth-order valence-electron chi connectivity index (χ4n) is 2.27. The average Bonchev–Trinajstić information content (AvgIpc) is 2.32. The third-order valence-electron chi connectivity index (χ3n) is 3.29. The number of carbonyl (C=O) groups is 1. The van der Waals surface area contributed by atoms with Crippen LogP contribution < -0.4 is 11.1 Å². The van der Waals surface area contributed by atoms with E-state index < -0.39 is 5.82 Å². The maximum atomic E-state index is 13.4. The van der Waals surface area contributed by atoms with Crippen LogP contribution in [0.25, 0.3) is 0 Å². The predicted molar refractivity (Wildman–Crippen MR) is 65.0 cm³/mol. The van der Waals surface area contributed by atoms with Crippen LogP contribution in [0.2, 0.25) is 0 Å². The van der Waals surface area contributed by atoms with Gasteiger partial charge in [-0.15, -0.1) is 0 Å². The molecule has 1 aliphatic rings. The van der Waals surface area contributed by atoms with E-state index in [-0.39, 0.29) is 23.6 Å². The van der Waals surface area contributed by atoms with Gasteiger partial charge in [-0.1, -0.05) is 25.0 Å². The summed E-state index contributed by atoms with van der Waals surface area (Å²) in [5.74, 6) is -0.768. The van der Waals surface area contributed by atoms with Gasteiger partial charge in [-0.2, -0.15) is 0 Å². The van der Waals surface area contributed by atoms with E-state index in [1.54, 1.807) is 18.2 Å². The van der Waals surface area contributed by atoms with E-state index in [9.17, 15) is 9.18 Å². The lowest BCUT2D eigenvalue weighted by atomic mass is 9.84. The number of carbonyl (C=O) groups excluding carboxylic acids is 1. The van der Waals surface area contributed by atoms with Crippen LogP contribution in [-0.4, -0.2) is 11.9 Å². The summed E-state index contributed by atoms with van der Waals surface area (Å²) in [4.78, 5) is 12.0. The van der Waals surface area contributed by atoms with E-state index in [1.807, 2.05) is 0 Å². The average molecular weight is 236 g/mol. The summed E-state index contributed by atoms with van der Waals surface area (Å²) in [6.45, 7) is 0. The predicted octanol–water partition coefficient (Wildman–Crippen LogP) is 2.28.